The molecule has 21 heavy (non-hydrogen) atoms. The lowest BCUT2D eigenvalue weighted by molar-refractivity contribution is -0.394. The number of hydrogen-bond acceptors (Lipinski definition) is 5. The first-order valence-electron chi connectivity index (χ1n) is 7.16. The van der Waals surface area contributed by atoms with Crippen LogP contribution in [0.1, 0.15) is 37.7 Å². The lowest BCUT2D eigenvalue weighted by atomic mass is 9.93. The van der Waals surface area contributed by atoms with E-state index in [1.54, 1.807) is 0 Å². The monoisotopic (exact) mass is 293 g/mol. The highest BCUT2D eigenvalue weighted by molar-refractivity contribution is 5.49. The molecule has 1 aliphatic carbocycles. The van der Waals surface area contributed by atoms with E-state index in [0.717, 1.165) is 18.9 Å². The van der Waals surface area contributed by atoms with Crippen LogP contribution in [-0.4, -0.2) is 15.9 Å². The van der Waals surface area contributed by atoms with Gasteiger partial charge in [0.05, 0.1) is 15.9 Å². The van der Waals surface area contributed by atoms with E-state index < -0.39 is 9.85 Å². The Balaban J connectivity index is 2.08. The third-order valence-corrected chi connectivity index (χ3v) is 4.23. The Morgan fingerprint density at radius 2 is 1.86 bits per heavy atom. The maximum atomic E-state index is 11.0. The lowest BCUT2D eigenvalue weighted by Gasteiger charge is -2.18. The third kappa shape index (κ3) is 3.75. The summed E-state index contributed by atoms with van der Waals surface area (Å²) in [5.74, 6) is 0.502. The first-order valence-corrected chi connectivity index (χ1v) is 7.16. The molecule has 7 nitrogen and oxygen atoms in total. The minimum absolute atomic E-state index is 0.0438. The number of rotatable bonds is 6. The number of non-ortho nitro benzene ring substituents is 1. The topological polar surface area (TPSA) is 112 Å². The Labute approximate surface area is 122 Å². The van der Waals surface area contributed by atoms with Crippen LogP contribution in [0, 0.1) is 26.1 Å². The zero-order valence-electron chi connectivity index (χ0n) is 11.7. The summed E-state index contributed by atoms with van der Waals surface area (Å²) in [4.78, 5) is 20.5. The zero-order valence-corrected chi connectivity index (χ0v) is 11.7. The van der Waals surface area contributed by atoms with Crippen LogP contribution < -0.4 is 5.73 Å². The summed E-state index contributed by atoms with van der Waals surface area (Å²) in [7, 11) is 0. The average Bonchev–Trinajstić information content (AvgIpc) is 2.98. The van der Waals surface area contributed by atoms with Gasteiger partial charge in [-0.3, -0.25) is 20.2 Å². The van der Waals surface area contributed by atoms with Crippen LogP contribution in [0.15, 0.2) is 18.2 Å². The van der Waals surface area contributed by atoms with Gasteiger partial charge >= 0.3 is 0 Å². The van der Waals surface area contributed by atoms with Crippen LogP contribution in [0.4, 0.5) is 11.4 Å². The summed E-state index contributed by atoms with van der Waals surface area (Å²) >= 11 is 0. The zero-order chi connectivity index (χ0) is 15.4. The molecule has 7 heteroatoms. The molecule has 0 heterocycles. The summed E-state index contributed by atoms with van der Waals surface area (Å²) in [5.41, 5.74) is 6.22. The van der Waals surface area contributed by atoms with Gasteiger partial charge in [0, 0.05) is 17.7 Å². The van der Waals surface area contributed by atoms with E-state index in [1.807, 2.05) is 0 Å². The number of nitro benzene ring substituents is 2. The van der Waals surface area contributed by atoms with Gasteiger partial charge in [0.15, 0.2) is 0 Å². The molecule has 0 amide bonds. The molecule has 1 unspecified atom stereocenters. The molecule has 0 bridgehead atoms. The molecule has 0 radical (unpaired) electrons. The second kappa shape index (κ2) is 6.62. The second-order valence-electron chi connectivity index (χ2n) is 5.57. The van der Waals surface area contributed by atoms with Gasteiger partial charge < -0.3 is 5.73 Å². The minimum atomic E-state index is -0.624. The fourth-order valence-electron chi connectivity index (χ4n) is 2.99. The largest absolute Gasteiger partial charge is 0.327 e. The van der Waals surface area contributed by atoms with E-state index in [2.05, 4.69) is 0 Å². The number of benzene rings is 1. The van der Waals surface area contributed by atoms with E-state index in [0.29, 0.717) is 24.3 Å². The highest BCUT2D eigenvalue weighted by Crippen LogP contribution is 2.30. The molecule has 0 saturated heterocycles. The maximum Gasteiger partial charge on any atom is 0.279 e. The van der Waals surface area contributed by atoms with Crippen molar-refractivity contribution in [1.82, 2.24) is 0 Å². The standard InChI is InChI=1S/C14H19N3O4/c15-13(10-3-1-2-4-10)8-6-11-5-7-12(16(18)19)9-14(11)17(20)21/h5,7,9-10,13H,1-4,6,8,15H2. The number of nitrogens with zero attached hydrogens (tertiary/aromatic N) is 2. The van der Waals surface area contributed by atoms with Gasteiger partial charge in [-0.1, -0.05) is 12.8 Å². The Kier molecular flexibility index (Phi) is 4.85. The summed E-state index contributed by atoms with van der Waals surface area (Å²) in [6, 6.07) is 3.85. The van der Waals surface area contributed by atoms with Crippen LogP contribution in [0.3, 0.4) is 0 Å². The van der Waals surface area contributed by atoms with Crippen LogP contribution in [0.5, 0.6) is 0 Å². The summed E-state index contributed by atoms with van der Waals surface area (Å²) in [6.07, 6.45) is 5.81. The van der Waals surface area contributed by atoms with Gasteiger partial charge in [0.1, 0.15) is 0 Å². The smallest absolute Gasteiger partial charge is 0.279 e. The molecule has 1 saturated carbocycles. The second-order valence-corrected chi connectivity index (χ2v) is 5.57. The molecule has 1 atom stereocenters. The molecule has 1 aromatic carbocycles. The fourth-order valence-corrected chi connectivity index (χ4v) is 2.99. The van der Waals surface area contributed by atoms with Gasteiger partial charge in [0.2, 0.25) is 0 Å². The highest BCUT2D eigenvalue weighted by Gasteiger charge is 2.24. The van der Waals surface area contributed by atoms with Crippen molar-refractivity contribution in [2.75, 3.05) is 0 Å². The quantitative estimate of drug-likeness (QED) is 0.640. The Morgan fingerprint density at radius 3 is 2.43 bits per heavy atom. The van der Waals surface area contributed by atoms with Gasteiger partial charge in [0.25, 0.3) is 11.4 Å². The molecule has 0 aliphatic heterocycles. The molecular weight excluding hydrogens is 274 g/mol. The molecule has 0 spiro atoms. The van der Waals surface area contributed by atoms with Gasteiger partial charge in [-0.15, -0.1) is 0 Å². The molecule has 1 aromatic rings. The highest BCUT2D eigenvalue weighted by atomic mass is 16.6. The van der Waals surface area contributed by atoms with Crippen molar-refractivity contribution in [2.24, 2.45) is 11.7 Å². The fraction of sp³-hybridized carbons (Fsp3) is 0.571. The van der Waals surface area contributed by atoms with E-state index >= 15 is 0 Å². The van der Waals surface area contributed by atoms with Crippen molar-refractivity contribution in [3.63, 3.8) is 0 Å². The van der Waals surface area contributed by atoms with Gasteiger partial charge in [-0.05, 0) is 37.7 Å². The van der Waals surface area contributed by atoms with Crippen LogP contribution in [0.2, 0.25) is 0 Å². The Bertz CT molecular complexity index is 541. The number of hydrogen-bond donors (Lipinski definition) is 1. The van der Waals surface area contributed by atoms with E-state index in [4.69, 9.17) is 5.73 Å². The minimum Gasteiger partial charge on any atom is -0.327 e. The number of nitro groups is 2. The molecule has 1 aliphatic rings. The van der Waals surface area contributed by atoms with Crippen LogP contribution in [-0.2, 0) is 6.42 Å². The Morgan fingerprint density at radius 1 is 1.19 bits per heavy atom. The van der Waals surface area contributed by atoms with Crippen molar-refractivity contribution < 1.29 is 9.85 Å². The van der Waals surface area contributed by atoms with Crippen LogP contribution in [0.25, 0.3) is 0 Å². The lowest BCUT2D eigenvalue weighted by Crippen LogP contribution is -2.28. The average molecular weight is 293 g/mol. The third-order valence-electron chi connectivity index (χ3n) is 4.23. The molecule has 114 valence electrons. The van der Waals surface area contributed by atoms with Crippen LogP contribution >= 0.6 is 0 Å². The van der Waals surface area contributed by atoms with E-state index in [1.165, 1.54) is 25.0 Å². The molecule has 0 aromatic heterocycles. The van der Waals surface area contributed by atoms with Gasteiger partial charge in [-0.25, -0.2) is 0 Å². The van der Waals surface area contributed by atoms with E-state index in [9.17, 15) is 20.2 Å². The van der Waals surface area contributed by atoms with Crippen molar-refractivity contribution in [3.05, 3.63) is 44.0 Å². The van der Waals surface area contributed by atoms with E-state index in [-0.39, 0.29) is 17.4 Å². The van der Waals surface area contributed by atoms with Crippen molar-refractivity contribution in [3.8, 4) is 0 Å². The maximum absolute atomic E-state index is 11.0. The van der Waals surface area contributed by atoms with Crippen molar-refractivity contribution >= 4 is 11.4 Å². The molecule has 1 fully saturated rings. The molecular formula is C14H19N3O4. The summed E-state index contributed by atoms with van der Waals surface area (Å²) in [6.45, 7) is 0. The number of nitrogens with two attached hydrogens (primary N) is 1. The first-order chi connectivity index (χ1) is 9.99. The van der Waals surface area contributed by atoms with Crippen molar-refractivity contribution in [1.29, 1.82) is 0 Å². The van der Waals surface area contributed by atoms with Crippen molar-refractivity contribution in [2.45, 2.75) is 44.6 Å². The predicted octanol–water partition coefficient (Wildman–Crippen LogP) is 2.95. The molecule has 2 N–H and O–H groups in total. The SMILES string of the molecule is NC(CCc1ccc([N+](=O)[O-])cc1[N+](=O)[O-])C1CCCC1. The molecule has 2 rings (SSSR count). The predicted molar refractivity (Wildman–Crippen MR) is 78.0 cm³/mol. The normalized spacial score (nSPS) is 16.8. The number of aryl methyl sites for hydroxylation is 1. The summed E-state index contributed by atoms with van der Waals surface area (Å²) in [5, 5.41) is 21.7. The Hall–Kier alpha value is -2.02. The first kappa shape index (κ1) is 15.4. The summed E-state index contributed by atoms with van der Waals surface area (Å²) < 4.78 is 0. The van der Waals surface area contributed by atoms with Gasteiger partial charge in [-0.2, -0.15) is 0 Å².